The number of hydrogen-bond acceptors (Lipinski definition) is 3. The highest BCUT2D eigenvalue weighted by molar-refractivity contribution is 5.83. The van der Waals surface area contributed by atoms with Gasteiger partial charge in [0.05, 0.1) is 6.04 Å². The van der Waals surface area contributed by atoms with Gasteiger partial charge in [0.1, 0.15) is 0 Å². The van der Waals surface area contributed by atoms with Crippen molar-refractivity contribution in [3.05, 3.63) is 0 Å². The predicted molar refractivity (Wildman–Crippen MR) is 61.6 cm³/mol. The molecule has 2 unspecified atom stereocenters. The predicted octanol–water partition coefficient (Wildman–Crippen LogP) is -0.292. The lowest BCUT2D eigenvalue weighted by Gasteiger charge is -2.26. The fraction of sp³-hybridized carbons (Fsp3) is 0.818. The van der Waals surface area contributed by atoms with Gasteiger partial charge in [-0.2, -0.15) is 0 Å². The minimum absolute atomic E-state index is 0.00686. The fourth-order valence-corrected chi connectivity index (χ4v) is 1.70. The molecular weight excluding hydrogens is 206 g/mol. The summed E-state index contributed by atoms with van der Waals surface area (Å²) < 4.78 is 0. The summed E-state index contributed by atoms with van der Waals surface area (Å²) in [6.45, 7) is 5.57. The Morgan fingerprint density at radius 2 is 2.25 bits per heavy atom. The van der Waals surface area contributed by atoms with Crippen molar-refractivity contribution in [3.63, 3.8) is 0 Å². The van der Waals surface area contributed by atoms with Gasteiger partial charge in [-0.15, -0.1) is 0 Å². The summed E-state index contributed by atoms with van der Waals surface area (Å²) in [4.78, 5) is 24.8. The van der Waals surface area contributed by atoms with Crippen LogP contribution in [-0.4, -0.2) is 42.4 Å². The van der Waals surface area contributed by atoms with Gasteiger partial charge in [-0.05, 0) is 5.92 Å². The van der Waals surface area contributed by atoms with Gasteiger partial charge in [0.2, 0.25) is 11.8 Å². The molecule has 1 heterocycles. The molecule has 92 valence electrons. The second kappa shape index (κ2) is 5.84. The molecule has 0 bridgehead atoms. The van der Waals surface area contributed by atoms with Crippen molar-refractivity contribution in [1.82, 2.24) is 10.2 Å². The number of nitrogens with zero attached hydrogens (tertiary/aromatic N) is 1. The minimum Gasteiger partial charge on any atom is -0.354 e. The Balaban J connectivity index is 2.55. The third-order valence-corrected chi connectivity index (χ3v) is 3.17. The zero-order valence-corrected chi connectivity index (χ0v) is 10.0. The van der Waals surface area contributed by atoms with Crippen LogP contribution in [0.25, 0.3) is 0 Å². The molecule has 16 heavy (non-hydrogen) atoms. The number of carbonyl (C=O) groups is 2. The minimum atomic E-state index is -0.446. The van der Waals surface area contributed by atoms with Crippen molar-refractivity contribution in [1.29, 1.82) is 0 Å². The summed E-state index contributed by atoms with van der Waals surface area (Å²) >= 11 is 0. The van der Waals surface area contributed by atoms with Crippen molar-refractivity contribution in [3.8, 4) is 0 Å². The summed E-state index contributed by atoms with van der Waals surface area (Å²) in [6.07, 6.45) is 1.26. The Kier molecular flexibility index (Phi) is 4.73. The first-order chi connectivity index (χ1) is 7.56. The molecule has 1 saturated heterocycles. The Labute approximate surface area is 96.4 Å². The smallest absolute Gasteiger partial charge is 0.239 e. The molecule has 0 aromatic rings. The molecule has 0 radical (unpaired) electrons. The maximum absolute atomic E-state index is 12.0. The molecule has 0 aromatic carbocycles. The second-order valence-electron chi connectivity index (χ2n) is 4.34. The lowest BCUT2D eigenvalue weighted by atomic mass is 9.99. The molecule has 1 aliphatic rings. The molecule has 1 aliphatic heterocycles. The number of hydrogen-bond donors (Lipinski definition) is 2. The zero-order valence-electron chi connectivity index (χ0n) is 10.0. The van der Waals surface area contributed by atoms with Gasteiger partial charge in [0.15, 0.2) is 0 Å². The van der Waals surface area contributed by atoms with Crippen molar-refractivity contribution in [2.24, 2.45) is 11.7 Å². The molecule has 1 rings (SSSR count). The monoisotopic (exact) mass is 227 g/mol. The first-order valence-electron chi connectivity index (χ1n) is 5.87. The second-order valence-corrected chi connectivity index (χ2v) is 4.34. The average molecular weight is 227 g/mol. The summed E-state index contributed by atoms with van der Waals surface area (Å²) in [6, 6.07) is -0.446. The van der Waals surface area contributed by atoms with Crippen molar-refractivity contribution in [2.45, 2.75) is 32.7 Å². The summed E-state index contributed by atoms with van der Waals surface area (Å²) in [5.41, 5.74) is 5.89. The van der Waals surface area contributed by atoms with Crippen molar-refractivity contribution < 1.29 is 9.59 Å². The molecule has 0 aliphatic carbocycles. The maximum Gasteiger partial charge on any atom is 0.239 e. The van der Waals surface area contributed by atoms with Crippen LogP contribution in [0.3, 0.4) is 0 Å². The van der Waals surface area contributed by atoms with E-state index in [1.165, 1.54) is 0 Å². The van der Waals surface area contributed by atoms with Crippen LogP contribution in [0.2, 0.25) is 0 Å². The standard InChI is InChI=1S/C11H21N3O2/c1-3-8(2)10(12)11(16)14-6-4-9(15)13-5-7-14/h8,10H,3-7,12H2,1-2H3,(H,13,15). The Bertz CT molecular complexity index is 268. The van der Waals surface area contributed by atoms with Crippen LogP contribution in [-0.2, 0) is 9.59 Å². The largest absolute Gasteiger partial charge is 0.354 e. The molecule has 0 saturated carbocycles. The fourth-order valence-electron chi connectivity index (χ4n) is 1.70. The van der Waals surface area contributed by atoms with E-state index in [1.54, 1.807) is 4.90 Å². The van der Waals surface area contributed by atoms with Crippen LogP contribution in [0.4, 0.5) is 0 Å². The number of nitrogens with one attached hydrogen (secondary N) is 1. The van der Waals surface area contributed by atoms with Gasteiger partial charge < -0.3 is 16.0 Å². The van der Waals surface area contributed by atoms with Gasteiger partial charge in [-0.3, -0.25) is 9.59 Å². The molecule has 5 nitrogen and oxygen atoms in total. The molecule has 2 atom stereocenters. The number of carbonyl (C=O) groups excluding carboxylic acids is 2. The Morgan fingerprint density at radius 1 is 1.56 bits per heavy atom. The Hall–Kier alpha value is -1.10. The van der Waals surface area contributed by atoms with E-state index in [0.29, 0.717) is 26.1 Å². The highest BCUT2D eigenvalue weighted by Gasteiger charge is 2.26. The SMILES string of the molecule is CCC(C)C(N)C(=O)N1CCNC(=O)CC1. The molecule has 3 N–H and O–H groups in total. The summed E-state index contributed by atoms with van der Waals surface area (Å²) in [7, 11) is 0. The van der Waals surface area contributed by atoms with E-state index in [9.17, 15) is 9.59 Å². The first-order valence-corrected chi connectivity index (χ1v) is 5.87. The maximum atomic E-state index is 12.0. The Morgan fingerprint density at radius 3 is 2.88 bits per heavy atom. The normalized spacial score (nSPS) is 20.9. The molecular formula is C11H21N3O2. The van der Waals surface area contributed by atoms with Crippen LogP contribution in [0, 0.1) is 5.92 Å². The lowest BCUT2D eigenvalue weighted by Crippen LogP contribution is -2.48. The van der Waals surface area contributed by atoms with Crippen LogP contribution in [0.1, 0.15) is 26.7 Å². The highest BCUT2D eigenvalue weighted by Crippen LogP contribution is 2.09. The van der Waals surface area contributed by atoms with E-state index in [2.05, 4.69) is 5.32 Å². The van der Waals surface area contributed by atoms with E-state index < -0.39 is 6.04 Å². The third-order valence-electron chi connectivity index (χ3n) is 3.17. The quantitative estimate of drug-likeness (QED) is 0.695. The van der Waals surface area contributed by atoms with Crippen LogP contribution in [0.5, 0.6) is 0 Å². The van der Waals surface area contributed by atoms with Gasteiger partial charge in [0, 0.05) is 26.1 Å². The average Bonchev–Trinajstić information content (AvgIpc) is 2.51. The number of rotatable bonds is 3. The van der Waals surface area contributed by atoms with Crippen molar-refractivity contribution >= 4 is 11.8 Å². The van der Waals surface area contributed by atoms with Crippen LogP contribution >= 0.6 is 0 Å². The molecule has 5 heteroatoms. The molecule has 0 spiro atoms. The molecule has 0 aromatic heterocycles. The molecule has 2 amide bonds. The van der Waals surface area contributed by atoms with E-state index in [0.717, 1.165) is 6.42 Å². The third kappa shape index (κ3) is 3.20. The zero-order chi connectivity index (χ0) is 12.1. The topological polar surface area (TPSA) is 75.4 Å². The van der Waals surface area contributed by atoms with E-state index >= 15 is 0 Å². The van der Waals surface area contributed by atoms with Crippen LogP contribution < -0.4 is 11.1 Å². The number of amides is 2. The summed E-state index contributed by atoms with van der Waals surface area (Å²) in [5.74, 6) is 0.151. The van der Waals surface area contributed by atoms with E-state index in [4.69, 9.17) is 5.73 Å². The number of nitrogens with two attached hydrogens (primary N) is 1. The highest BCUT2D eigenvalue weighted by atomic mass is 16.2. The lowest BCUT2D eigenvalue weighted by molar-refractivity contribution is -0.133. The van der Waals surface area contributed by atoms with Gasteiger partial charge in [-0.1, -0.05) is 20.3 Å². The van der Waals surface area contributed by atoms with E-state index in [-0.39, 0.29) is 17.7 Å². The van der Waals surface area contributed by atoms with E-state index in [1.807, 2.05) is 13.8 Å². The summed E-state index contributed by atoms with van der Waals surface area (Å²) in [5, 5.41) is 2.74. The van der Waals surface area contributed by atoms with Crippen molar-refractivity contribution in [2.75, 3.05) is 19.6 Å². The molecule has 1 fully saturated rings. The van der Waals surface area contributed by atoms with Gasteiger partial charge >= 0.3 is 0 Å². The van der Waals surface area contributed by atoms with Crippen LogP contribution in [0.15, 0.2) is 0 Å². The van der Waals surface area contributed by atoms with Gasteiger partial charge in [-0.25, -0.2) is 0 Å². The van der Waals surface area contributed by atoms with Gasteiger partial charge in [0.25, 0.3) is 0 Å². The first kappa shape index (κ1) is 13.0.